The number of ether oxygens (including phenoxy) is 1. The van der Waals surface area contributed by atoms with E-state index < -0.39 is 10.2 Å². The topological polar surface area (TPSA) is 82.4 Å². The van der Waals surface area contributed by atoms with Gasteiger partial charge in [0.25, 0.3) is 10.2 Å². The van der Waals surface area contributed by atoms with E-state index in [1.165, 1.54) is 4.31 Å². The van der Waals surface area contributed by atoms with Gasteiger partial charge in [0, 0.05) is 19.1 Å². The second-order valence-corrected chi connectivity index (χ2v) is 7.35. The lowest BCUT2D eigenvalue weighted by Gasteiger charge is -2.35. The highest BCUT2D eigenvalue weighted by molar-refractivity contribution is 7.87. The zero-order chi connectivity index (χ0) is 16.3. The number of benzene rings is 1. The van der Waals surface area contributed by atoms with E-state index in [1.54, 1.807) is 31.2 Å². The molecule has 1 aromatic carbocycles. The number of nitrogens with one attached hydrogen (secondary N) is 1. The molecule has 0 saturated carbocycles. The molecule has 7 heteroatoms. The summed E-state index contributed by atoms with van der Waals surface area (Å²) in [6, 6.07) is 8.55. The summed E-state index contributed by atoms with van der Waals surface area (Å²) < 4.78 is 34.6. The van der Waals surface area contributed by atoms with Crippen molar-refractivity contribution in [1.82, 2.24) is 9.03 Å². The van der Waals surface area contributed by atoms with Crippen molar-refractivity contribution in [3.05, 3.63) is 35.4 Å². The fourth-order valence-corrected chi connectivity index (χ4v) is 4.08. The van der Waals surface area contributed by atoms with Crippen LogP contribution >= 0.6 is 0 Å². The van der Waals surface area contributed by atoms with E-state index in [1.807, 2.05) is 19.9 Å². The van der Waals surface area contributed by atoms with Crippen LogP contribution in [0.5, 0.6) is 0 Å². The minimum Gasteiger partial charge on any atom is -0.373 e. The molecule has 1 saturated heterocycles. The van der Waals surface area contributed by atoms with Crippen LogP contribution in [0.15, 0.2) is 24.3 Å². The molecule has 0 amide bonds. The summed E-state index contributed by atoms with van der Waals surface area (Å²) in [6.07, 6.45) is -0.240. The largest absolute Gasteiger partial charge is 0.373 e. The van der Waals surface area contributed by atoms with E-state index in [9.17, 15) is 8.42 Å². The molecular weight excluding hydrogens is 302 g/mol. The molecule has 120 valence electrons. The molecule has 1 aliphatic heterocycles. The normalized spacial score (nSPS) is 24.6. The van der Waals surface area contributed by atoms with Crippen LogP contribution in [0.2, 0.25) is 0 Å². The van der Waals surface area contributed by atoms with Crippen LogP contribution in [0.25, 0.3) is 0 Å². The third-order valence-corrected chi connectivity index (χ3v) is 5.22. The van der Waals surface area contributed by atoms with E-state index in [4.69, 9.17) is 10.00 Å². The zero-order valence-electron chi connectivity index (χ0n) is 13.0. The Labute approximate surface area is 131 Å². The Kier molecular flexibility index (Phi) is 5.19. The maximum absolute atomic E-state index is 12.5. The summed E-state index contributed by atoms with van der Waals surface area (Å²) in [5.41, 5.74) is 1.37. The molecule has 0 bridgehead atoms. The monoisotopic (exact) mass is 323 g/mol. The first-order chi connectivity index (χ1) is 10.3. The lowest BCUT2D eigenvalue weighted by molar-refractivity contribution is -0.0444. The van der Waals surface area contributed by atoms with E-state index in [0.29, 0.717) is 18.7 Å². The molecule has 6 nitrogen and oxygen atoms in total. The summed E-state index contributed by atoms with van der Waals surface area (Å²) in [7, 11) is -3.57. The molecule has 3 atom stereocenters. The van der Waals surface area contributed by atoms with Gasteiger partial charge in [-0.05, 0) is 38.5 Å². The Bertz CT molecular complexity index is 642. The lowest BCUT2D eigenvalue weighted by atomic mass is 10.1. The highest BCUT2D eigenvalue weighted by atomic mass is 32.2. The maximum Gasteiger partial charge on any atom is 0.280 e. The first kappa shape index (κ1) is 16.9. The standard InChI is InChI=1S/C15H21N3O3S/c1-11-9-18(10-12(2)21-11)22(19,20)17-13(3)15-6-4-14(8-16)5-7-15/h4-7,11-13,17H,9-10H2,1-3H3/t11-,12+,13-/m1/s1. The van der Waals surface area contributed by atoms with Crippen molar-refractivity contribution >= 4 is 10.2 Å². The first-order valence-electron chi connectivity index (χ1n) is 7.24. The fraction of sp³-hybridized carbons (Fsp3) is 0.533. The molecule has 22 heavy (non-hydrogen) atoms. The van der Waals surface area contributed by atoms with Crippen molar-refractivity contribution in [2.24, 2.45) is 0 Å². The summed E-state index contributed by atoms with van der Waals surface area (Å²) in [6.45, 7) is 6.20. The van der Waals surface area contributed by atoms with Crippen LogP contribution in [0, 0.1) is 11.3 Å². The summed E-state index contributed by atoms with van der Waals surface area (Å²) in [5, 5.41) is 8.79. The van der Waals surface area contributed by atoms with Gasteiger partial charge in [-0.1, -0.05) is 12.1 Å². The van der Waals surface area contributed by atoms with Crippen LogP contribution in [0.4, 0.5) is 0 Å². The van der Waals surface area contributed by atoms with Gasteiger partial charge in [-0.2, -0.15) is 22.7 Å². The Morgan fingerprint density at radius 3 is 2.32 bits per heavy atom. The van der Waals surface area contributed by atoms with Gasteiger partial charge >= 0.3 is 0 Å². The summed E-state index contributed by atoms with van der Waals surface area (Å²) in [4.78, 5) is 0. The third-order valence-electron chi connectivity index (χ3n) is 3.59. The number of nitrogens with zero attached hydrogens (tertiary/aromatic N) is 2. The average Bonchev–Trinajstić information content (AvgIpc) is 2.46. The number of nitriles is 1. The predicted octanol–water partition coefficient (Wildman–Crippen LogP) is 1.56. The smallest absolute Gasteiger partial charge is 0.280 e. The molecule has 1 heterocycles. The van der Waals surface area contributed by atoms with Crippen molar-refractivity contribution in [2.45, 2.75) is 39.0 Å². The molecule has 0 radical (unpaired) electrons. The molecule has 0 unspecified atom stereocenters. The highest BCUT2D eigenvalue weighted by Gasteiger charge is 2.31. The lowest BCUT2D eigenvalue weighted by Crippen LogP contribution is -2.52. The van der Waals surface area contributed by atoms with Gasteiger partial charge in [-0.3, -0.25) is 0 Å². The second-order valence-electron chi connectivity index (χ2n) is 5.65. The zero-order valence-corrected chi connectivity index (χ0v) is 13.8. The van der Waals surface area contributed by atoms with Gasteiger partial charge in [0.1, 0.15) is 0 Å². The quantitative estimate of drug-likeness (QED) is 0.911. The van der Waals surface area contributed by atoms with Gasteiger partial charge in [0.15, 0.2) is 0 Å². The van der Waals surface area contributed by atoms with Crippen LogP contribution in [0.3, 0.4) is 0 Å². The molecule has 1 N–H and O–H groups in total. The number of hydrogen-bond donors (Lipinski definition) is 1. The van der Waals surface area contributed by atoms with Gasteiger partial charge in [0.05, 0.1) is 23.8 Å². The number of hydrogen-bond acceptors (Lipinski definition) is 4. The SMILES string of the molecule is C[C@@H]1CN(S(=O)(=O)N[C@H](C)c2ccc(C#N)cc2)C[C@H](C)O1. The Balaban J connectivity index is 2.08. The molecule has 0 aliphatic carbocycles. The van der Waals surface area contributed by atoms with E-state index in [2.05, 4.69) is 4.72 Å². The minimum absolute atomic E-state index is 0.120. The minimum atomic E-state index is -3.57. The van der Waals surface area contributed by atoms with Crippen molar-refractivity contribution in [3.63, 3.8) is 0 Å². The van der Waals surface area contributed by atoms with Crippen LogP contribution < -0.4 is 4.72 Å². The van der Waals surface area contributed by atoms with E-state index in [0.717, 1.165) is 5.56 Å². The number of rotatable bonds is 4. The molecular formula is C15H21N3O3S. The molecule has 0 aromatic heterocycles. The number of morpholine rings is 1. The van der Waals surface area contributed by atoms with Gasteiger partial charge in [-0.15, -0.1) is 0 Å². The Hall–Kier alpha value is -1.46. The molecule has 1 aromatic rings. The van der Waals surface area contributed by atoms with Crippen LogP contribution in [0.1, 0.15) is 37.9 Å². The molecule has 1 aliphatic rings. The van der Waals surface area contributed by atoms with Crippen molar-refractivity contribution < 1.29 is 13.2 Å². The summed E-state index contributed by atoms with van der Waals surface area (Å²) >= 11 is 0. The van der Waals surface area contributed by atoms with Gasteiger partial charge < -0.3 is 4.74 Å². The van der Waals surface area contributed by atoms with Gasteiger partial charge in [0.2, 0.25) is 0 Å². The van der Waals surface area contributed by atoms with Crippen LogP contribution in [-0.4, -0.2) is 38.0 Å². The van der Waals surface area contributed by atoms with E-state index in [-0.39, 0.29) is 18.2 Å². The average molecular weight is 323 g/mol. The fourth-order valence-electron chi connectivity index (χ4n) is 2.54. The predicted molar refractivity (Wildman–Crippen MR) is 83.2 cm³/mol. The maximum atomic E-state index is 12.5. The van der Waals surface area contributed by atoms with Crippen LogP contribution in [-0.2, 0) is 14.9 Å². The molecule has 2 rings (SSSR count). The third kappa shape index (κ3) is 4.05. The first-order valence-corrected chi connectivity index (χ1v) is 8.68. The van der Waals surface area contributed by atoms with Gasteiger partial charge in [-0.25, -0.2) is 0 Å². The highest BCUT2D eigenvalue weighted by Crippen LogP contribution is 2.18. The van der Waals surface area contributed by atoms with Crippen molar-refractivity contribution in [1.29, 1.82) is 5.26 Å². The van der Waals surface area contributed by atoms with Crippen molar-refractivity contribution in [3.8, 4) is 6.07 Å². The second kappa shape index (κ2) is 6.75. The molecule has 1 fully saturated rings. The summed E-state index contributed by atoms with van der Waals surface area (Å²) in [5.74, 6) is 0. The Morgan fingerprint density at radius 2 is 1.82 bits per heavy atom. The molecule has 0 spiro atoms. The van der Waals surface area contributed by atoms with Crippen molar-refractivity contribution in [2.75, 3.05) is 13.1 Å². The Morgan fingerprint density at radius 1 is 1.27 bits per heavy atom. The van der Waals surface area contributed by atoms with E-state index >= 15 is 0 Å².